The van der Waals surface area contributed by atoms with Crippen LogP contribution in [-0.4, -0.2) is 24.5 Å². The summed E-state index contributed by atoms with van der Waals surface area (Å²) in [5.41, 5.74) is 0. The second-order valence-corrected chi connectivity index (χ2v) is 2.06. The maximum atomic E-state index is 7.24. The van der Waals surface area contributed by atoms with Crippen molar-refractivity contribution in [1.29, 1.82) is 5.26 Å². The number of hydrogen-bond acceptors (Lipinski definition) is 2. The van der Waals surface area contributed by atoms with E-state index in [9.17, 15) is 0 Å². The van der Waals surface area contributed by atoms with Crippen LogP contribution in [0.4, 0.5) is 0 Å². The van der Waals surface area contributed by atoms with Crippen molar-refractivity contribution >= 4 is 15.9 Å². The van der Waals surface area contributed by atoms with E-state index in [0.29, 0.717) is 0 Å². The van der Waals surface area contributed by atoms with Crippen molar-refractivity contribution < 1.29 is 0 Å². The van der Waals surface area contributed by atoms with E-state index in [4.69, 9.17) is 5.26 Å². The molecular formula is C7H15BrN2. The minimum Gasteiger partial charge on any atom is -0.304 e. The molecule has 0 heterocycles. The first kappa shape index (κ1) is 12.6. The van der Waals surface area contributed by atoms with Gasteiger partial charge in [0.1, 0.15) is 4.98 Å². The topological polar surface area (TPSA) is 27.0 Å². The lowest BCUT2D eigenvalue weighted by Crippen LogP contribution is -2.21. The monoisotopic (exact) mass is 206 g/mol. The molecule has 0 aliphatic heterocycles. The molecule has 0 fully saturated rings. The van der Waals surface area contributed by atoms with Gasteiger partial charge in [-0.15, -0.1) is 0 Å². The molecule has 0 rings (SSSR count). The highest BCUT2D eigenvalue weighted by Gasteiger charge is 1.89. The van der Waals surface area contributed by atoms with Crippen molar-refractivity contribution in [2.24, 2.45) is 0 Å². The fraction of sp³-hybridized carbons (Fsp3) is 0.857. The molecule has 0 aromatic carbocycles. The van der Waals surface area contributed by atoms with Crippen LogP contribution in [0, 0.1) is 10.2 Å². The second-order valence-electron chi connectivity index (χ2n) is 1.70. The molecule has 60 valence electrons. The summed E-state index contributed by atoms with van der Waals surface area (Å²) in [6, 6.07) is 0. The summed E-state index contributed by atoms with van der Waals surface area (Å²) in [5, 5.41) is 7.24. The van der Waals surface area contributed by atoms with Gasteiger partial charge in [-0.3, -0.25) is 0 Å². The summed E-state index contributed by atoms with van der Waals surface area (Å²) in [6.07, 6.45) is 0. The molecule has 0 bridgehead atoms. The van der Waals surface area contributed by atoms with Gasteiger partial charge in [0.15, 0.2) is 0 Å². The first-order chi connectivity index (χ1) is 4.76. The van der Waals surface area contributed by atoms with Gasteiger partial charge in [-0.1, -0.05) is 20.8 Å². The van der Waals surface area contributed by atoms with Crippen molar-refractivity contribution in [3.8, 4) is 4.98 Å². The molecule has 0 aromatic rings. The zero-order valence-electron chi connectivity index (χ0n) is 6.89. The first-order valence-electron chi connectivity index (χ1n) is 3.48. The maximum absolute atomic E-state index is 7.24. The summed E-state index contributed by atoms with van der Waals surface area (Å²) in [4.78, 5) is 3.94. The molecule has 0 aliphatic carbocycles. The van der Waals surface area contributed by atoms with E-state index >= 15 is 0 Å². The van der Waals surface area contributed by atoms with Crippen LogP contribution < -0.4 is 0 Å². The van der Waals surface area contributed by atoms with Crippen molar-refractivity contribution in [2.75, 3.05) is 19.6 Å². The van der Waals surface area contributed by atoms with Crippen LogP contribution >= 0.6 is 15.9 Å². The highest BCUT2D eigenvalue weighted by Crippen LogP contribution is 1.81. The van der Waals surface area contributed by atoms with Gasteiger partial charge in [-0.2, -0.15) is 5.26 Å². The molecule has 0 saturated carbocycles. The summed E-state index contributed by atoms with van der Waals surface area (Å²) in [6.45, 7) is 10.1. The first-order valence-corrected chi connectivity index (χ1v) is 4.28. The van der Waals surface area contributed by atoms with E-state index in [2.05, 4.69) is 41.6 Å². The zero-order chi connectivity index (χ0) is 8.41. The smallest absolute Gasteiger partial charge is 0.142 e. The van der Waals surface area contributed by atoms with Crippen LogP contribution in [0.3, 0.4) is 0 Å². The minimum absolute atomic E-state index is 1.19. The van der Waals surface area contributed by atoms with Crippen molar-refractivity contribution in [3.05, 3.63) is 0 Å². The van der Waals surface area contributed by atoms with Gasteiger partial charge in [0, 0.05) is 15.9 Å². The third-order valence-corrected chi connectivity index (χ3v) is 1.34. The number of halogens is 1. The number of nitrogens with zero attached hydrogens (tertiary/aromatic N) is 2. The van der Waals surface area contributed by atoms with Crippen LogP contribution in [0.5, 0.6) is 0 Å². The van der Waals surface area contributed by atoms with Gasteiger partial charge < -0.3 is 4.90 Å². The van der Waals surface area contributed by atoms with Crippen LogP contribution in [0.15, 0.2) is 0 Å². The fourth-order valence-electron chi connectivity index (χ4n) is 0.671. The van der Waals surface area contributed by atoms with E-state index in [-0.39, 0.29) is 0 Å². The molecule has 0 radical (unpaired) electrons. The Balaban J connectivity index is 0. The number of rotatable bonds is 3. The largest absolute Gasteiger partial charge is 0.304 e. The van der Waals surface area contributed by atoms with E-state index < -0.39 is 0 Å². The highest BCUT2D eigenvalue weighted by molar-refractivity contribution is 9.12. The molecular weight excluding hydrogens is 192 g/mol. The molecule has 2 nitrogen and oxygen atoms in total. The summed E-state index contributed by atoms with van der Waals surface area (Å²) >= 11 is 2.45. The Labute approximate surface area is 72.0 Å². The Morgan fingerprint density at radius 3 is 1.40 bits per heavy atom. The van der Waals surface area contributed by atoms with Gasteiger partial charge in [-0.25, -0.2) is 0 Å². The third kappa shape index (κ3) is 10.8. The molecule has 0 aliphatic rings. The van der Waals surface area contributed by atoms with Gasteiger partial charge in [-0.05, 0) is 19.6 Å². The molecule has 3 heteroatoms. The number of hydrogen-bond donors (Lipinski definition) is 0. The standard InChI is InChI=1S/C6H15N.CBrN/c1-4-7(5-2)6-3;2-1-3/h4-6H2,1-3H3;. The predicted molar refractivity (Wildman–Crippen MR) is 48.0 cm³/mol. The molecule has 0 spiro atoms. The van der Waals surface area contributed by atoms with Gasteiger partial charge in [0.2, 0.25) is 0 Å². The van der Waals surface area contributed by atoms with Gasteiger partial charge in [0.25, 0.3) is 0 Å². The highest BCUT2D eigenvalue weighted by atomic mass is 79.9. The Hall–Kier alpha value is -0.0700. The van der Waals surface area contributed by atoms with Gasteiger partial charge >= 0.3 is 0 Å². The maximum Gasteiger partial charge on any atom is 0.142 e. The van der Waals surface area contributed by atoms with Crippen LogP contribution in [0.1, 0.15) is 20.8 Å². The van der Waals surface area contributed by atoms with Crippen molar-refractivity contribution in [2.45, 2.75) is 20.8 Å². The van der Waals surface area contributed by atoms with E-state index in [1.165, 1.54) is 19.6 Å². The zero-order valence-corrected chi connectivity index (χ0v) is 8.48. The van der Waals surface area contributed by atoms with E-state index in [1.807, 2.05) is 0 Å². The van der Waals surface area contributed by atoms with Crippen LogP contribution in [0.2, 0.25) is 0 Å². The third-order valence-electron chi connectivity index (χ3n) is 1.34. The minimum atomic E-state index is 1.19. The van der Waals surface area contributed by atoms with Gasteiger partial charge in [0.05, 0.1) is 0 Å². The van der Waals surface area contributed by atoms with Crippen molar-refractivity contribution in [3.63, 3.8) is 0 Å². The Kier molecular flexibility index (Phi) is 14.7. The lowest BCUT2D eigenvalue weighted by atomic mass is 10.5. The Morgan fingerprint density at radius 1 is 1.20 bits per heavy atom. The van der Waals surface area contributed by atoms with Crippen LogP contribution in [-0.2, 0) is 0 Å². The molecule has 0 unspecified atom stereocenters. The van der Waals surface area contributed by atoms with E-state index in [0.717, 1.165) is 0 Å². The molecule has 0 atom stereocenters. The number of nitriles is 1. The molecule has 10 heavy (non-hydrogen) atoms. The van der Waals surface area contributed by atoms with E-state index in [1.54, 1.807) is 4.98 Å². The van der Waals surface area contributed by atoms with Crippen molar-refractivity contribution in [1.82, 2.24) is 4.90 Å². The Bertz CT molecular complexity index is 78.6. The molecule has 0 aromatic heterocycles. The normalized spacial score (nSPS) is 8.00. The lowest BCUT2D eigenvalue weighted by Gasteiger charge is -2.13. The molecule has 0 N–H and O–H groups in total. The summed E-state index contributed by atoms with van der Waals surface area (Å²) < 4.78 is 0. The SMILES string of the molecule is CCN(CC)CC.N#CBr. The summed E-state index contributed by atoms with van der Waals surface area (Å²) in [5.74, 6) is 0. The van der Waals surface area contributed by atoms with Crippen LogP contribution in [0.25, 0.3) is 0 Å². The average Bonchev–Trinajstić information content (AvgIpc) is 1.93. The Morgan fingerprint density at radius 2 is 1.40 bits per heavy atom. The molecule has 0 saturated heterocycles. The summed E-state index contributed by atoms with van der Waals surface area (Å²) in [7, 11) is 0. The predicted octanol–water partition coefficient (Wildman–Crippen LogP) is 2.21. The lowest BCUT2D eigenvalue weighted by molar-refractivity contribution is 0.321. The quantitative estimate of drug-likeness (QED) is 0.709. The second kappa shape index (κ2) is 11.7. The fourth-order valence-corrected chi connectivity index (χ4v) is 0.671. The molecule has 0 amide bonds. The average molecular weight is 207 g/mol.